The fourth-order valence-corrected chi connectivity index (χ4v) is 2.40. The van der Waals surface area contributed by atoms with Crippen LogP contribution in [0, 0.1) is 17.0 Å². The number of rotatable bonds is 5. The molecule has 0 radical (unpaired) electrons. The third kappa shape index (κ3) is 4.07. The molecule has 2 aromatic carbocycles. The molecule has 1 aromatic heterocycles. The maximum atomic E-state index is 10.7. The van der Waals surface area contributed by atoms with Crippen LogP contribution < -0.4 is 5.43 Å². The van der Waals surface area contributed by atoms with Gasteiger partial charge in [0.05, 0.1) is 16.3 Å². The first-order valence-corrected chi connectivity index (χ1v) is 7.99. The van der Waals surface area contributed by atoms with Crippen LogP contribution in [0.3, 0.4) is 0 Å². The van der Waals surface area contributed by atoms with E-state index in [2.05, 4.69) is 20.5 Å². The van der Waals surface area contributed by atoms with Gasteiger partial charge in [-0.2, -0.15) is 5.10 Å². The number of nitrogens with one attached hydrogen (secondary N) is 1. The molecule has 0 aliphatic rings. The van der Waals surface area contributed by atoms with E-state index in [1.807, 2.05) is 50.2 Å². The third-order valence-corrected chi connectivity index (χ3v) is 3.74. The van der Waals surface area contributed by atoms with Gasteiger partial charge in [0.1, 0.15) is 0 Å². The van der Waals surface area contributed by atoms with Gasteiger partial charge in [0, 0.05) is 23.4 Å². The number of hydrogen-bond acceptors (Lipinski definition) is 6. The van der Waals surface area contributed by atoms with Crippen molar-refractivity contribution in [3.8, 4) is 11.3 Å². The van der Waals surface area contributed by atoms with Gasteiger partial charge in [-0.05, 0) is 37.6 Å². The van der Waals surface area contributed by atoms with Gasteiger partial charge in [-0.3, -0.25) is 10.1 Å². The summed E-state index contributed by atoms with van der Waals surface area (Å²) in [5, 5.41) is 15.0. The number of anilines is 1. The van der Waals surface area contributed by atoms with E-state index in [9.17, 15) is 10.1 Å². The number of aromatic nitrogens is 2. The van der Waals surface area contributed by atoms with Crippen molar-refractivity contribution in [2.24, 2.45) is 5.10 Å². The number of hydrogen-bond donors (Lipinski definition) is 1. The smallest absolute Gasteiger partial charge is 0.258 e. The van der Waals surface area contributed by atoms with Gasteiger partial charge >= 0.3 is 0 Å². The molecule has 1 N–H and O–H groups in total. The Labute approximate surface area is 150 Å². The Kier molecular flexibility index (Phi) is 4.98. The van der Waals surface area contributed by atoms with E-state index in [-0.39, 0.29) is 5.69 Å². The van der Waals surface area contributed by atoms with E-state index in [0.717, 1.165) is 22.5 Å². The quantitative estimate of drug-likeness (QED) is 0.424. The van der Waals surface area contributed by atoms with Crippen LogP contribution in [0.25, 0.3) is 11.3 Å². The summed E-state index contributed by atoms with van der Waals surface area (Å²) in [5.74, 6) is 0.394. The molecule has 0 saturated carbocycles. The molecule has 130 valence electrons. The van der Waals surface area contributed by atoms with Crippen LogP contribution in [0.2, 0.25) is 0 Å². The van der Waals surface area contributed by atoms with Crippen molar-refractivity contribution in [1.29, 1.82) is 0 Å². The molecule has 0 spiro atoms. The highest BCUT2D eigenvalue weighted by atomic mass is 16.6. The summed E-state index contributed by atoms with van der Waals surface area (Å²) in [7, 11) is 0. The second-order valence-corrected chi connectivity index (χ2v) is 5.70. The largest absolute Gasteiger partial charge is 0.269 e. The molecule has 0 saturated heterocycles. The number of benzene rings is 2. The summed E-state index contributed by atoms with van der Waals surface area (Å²) in [6.07, 6.45) is 0. The SMILES string of the molecule is CC(=NNc1nc(C)cc(-c2ccccc2)n1)c1ccc([N+](=O)[O-])cc1. The van der Waals surface area contributed by atoms with Crippen LogP contribution >= 0.6 is 0 Å². The Hall–Kier alpha value is -3.61. The topological polar surface area (TPSA) is 93.3 Å². The fraction of sp³-hybridized carbons (Fsp3) is 0.105. The monoisotopic (exact) mass is 347 g/mol. The Bertz CT molecular complexity index is 953. The summed E-state index contributed by atoms with van der Waals surface area (Å²) in [6.45, 7) is 3.70. The molecule has 7 heteroatoms. The molecular weight excluding hydrogens is 330 g/mol. The van der Waals surface area contributed by atoms with Crippen molar-refractivity contribution in [3.05, 3.63) is 82.0 Å². The zero-order chi connectivity index (χ0) is 18.5. The molecule has 3 aromatic rings. The lowest BCUT2D eigenvalue weighted by atomic mass is 10.1. The van der Waals surface area contributed by atoms with E-state index in [4.69, 9.17) is 0 Å². The third-order valence-electron chi connectivity index (χ3n) is 3.74. The zero-order valence-corrected chi connectivity index (χ0v) is 14.4. The van der Waals surface area contributed by atoms with Crippen LogP contribution in [-0.4, -0.2) is 20.6 Å². The first-order valence-electron chi connectivity index (χ1n) is 7.99. The maximum Gasteiger partial charge on any atom is 0.269 e. The lowest BCUT2D eigenvalue weighted by Gasteiger charge is -2.06. The Morgan fingerprint density at radius 3 is 2.42 bits per heavy atom. The Balaban J connectivity index is 1.81. The Morgan fingerprint density at radius 1 is 1.08 bits per heavy atom. The fourth-order valence-electron chi connectivity index (χ4n) is 2.40. The molecule has 26 heavy (non-hydrogen) atoms. The second kappa shape index (κ2) is 7.52. The van der Waals surface area contributed by atoms with E-state index >= 15 is 0 Å². The average Bonchev–Trinajstić information content (AvgIpc) is 2.66. The molecule has 0 amide bonds. The van der Waals surface area contributed by atoms with Gasteiger partial charge in [0.2, 0.25) is 5.95 Å². The molecule has 0 aliphatic heterocycles. The van der Waals surface area contributed by atoms with Crippen LogP contribution in [0.4, 0.5) is 11.6 Å². The van der Waals surface area contributed by atoms with Gasteiger partial charge in [-0.15, -0.1) is 0 Å². The average molecular weight is 347 g/mol. The second-order valence-electron chi connectivity index (χ2n) is 5.70. The minimum absolute atomic E-state index is 0.0454. The lowest BCUT2D eigenvalue weighted by Crippen LogP contribution is -2.04. The molecule has 0 fully saturated rings. The highest BCUT2D eigenvalue weighted by Gasteiger charge is 2.07. The first kappa shape index (κ1) is 17.2. The number of nitro benzene ring substituents is 1. The summed E-state index contributed by atoms with van der Waals surface area (Å²) in [6, 6.07) is 18.0. The molecular formula is C19H17N5O2. The van der Waals surface area contributed by atoms with Crippen molar-refractivity contribution < 1.29 is 4.92 Å². The van der Waals surface area contributed by atoms with Crippen molar-refractivity contribution in [1.82, 2.24) is 9.97 Å². The summed E-state index contributed by atoms with van der Waals surface area (Å²) < 4.78 is 0. The van der Waals surface area contributed by atoms with E-state index < -0.39 is 4.92 Å². The number of hydrazone groups is 1. The number of non-ortho nitro benzene ring substituents is 1. The van der Waals surface area contributed by atoms with Crippen molar-refractivity contribution in [2.45, 2.75) is 13.8 Å². The van der Waals surface area contributed by atoms with Gasteiger partial charge in [-0.1, -0.05) is 30.3 Å². The highest BCUT2D eigenvalue weighted by Crippen LogP contribution is 2.19. The van der Waals surface area contributed by atoms with Crippen LogP contribution in [0.15, 0.2) is 65.8 Å². The van der Waals surface area contributed by atoms with Gasteiger partial charge < -0.3 is 0 Å². The summed E-state index contributed by atoms with van der Waals surface area (Å²) in [5.41, 5.74) is 6.99. The van der Waals surface area contributed by atoms with Gasteiger partial charge in [0.15, 0.2) is 0 Å². The predicted molar refractivity (Wildman–Crippen MR) is 101 cm³/mol. The number of aryl methyl sites for hydroxylation is 1. The van der Waals surface area contributed by atoms with E-state index in [0.29, 0.717) is 11.7 Å². The minimum atomic E-state index is -0.430. The number of nitro groups is 1. The molecule has 0 atom stereocenters. The molecule has 7 nitrogen and oxygen atoms in total. The minimum Gasteiger partial charge on any atom is -0.258 e. The summed E-state index contributed by atoms with van der Waals surface area (Å²) >= 11 is 0. The summed E-state index contributed by atoms with van der Waals surface area (Å²) in [4.78, 5) is 19.1. The normalized spacial score (nSPS) is 11.2. The molecule has 1 heterocycles. The molecule has 0 aliphatic carbocycles. The first-order chi connectivity index (χ1) is 12.5. The van der Waals surface area contributed by atoms with Crippen molar-refractivity contribution >= 4 is 17.3 Å². The van der Waals surface area contributed by atoms with Crippen LogP contribution in [0.5, 0.6) is 0 Å². The Morgan fingerprint density at radius 2 is 1.77 bits per heavy atom. The van der Waals surface area contributed by atoms with Crippen molar-refractivity contribution in [2.75, 3.05) is 5.43 Å². The molecule has 0 bridgehead atoms. The van der Waals surface area contributed by atoms with Gasteiger partial charge in [-0.25, -0.2) is 15.4 Å². The lowest BCUT2D eigenvalue weighted by molar-refractivity contribution is -0.384. The maximum absolute atomic E-state index is 10.7. The molecule has 0 unspecified atom stereocenters. The van der Waals surface area contributed by atoms with Crippen LogP contribution in [-0.2, 0) is 0 Å². The number of nitrogens with zero attached hydrogens (tertiary/aromatic N) is 4. The van der Waals surface area contributed by atoms with E-state index in [1.165, 1.54) is 12.1 Å². The zero-order valence-electron chi connectivity index (χ0n) is 14.4. The predicted octanol–water partition coefficient (Wildman–Crippen LogP) is 4.20. The van der Waals surface area contributed by atoms with Crippen molar-refractivity contribution in [3.63, 3.8) is 0 Å². The van der Waals surface area contributed by atoms with E-state index in [1.54, 1.807) is 12.1 Å². The van der Waals surface area contributed by atoms with Gasteiger partial charge in [0.25, 0.3) is 5.69 Å². The highest BCUT2D eigenvalue weighted by molar-refractivity contribution is 5.99. The standard InChI is InChI=1S/C19H17N5O2/c1-13-12-18(16-6-4-3-5-7-16)21-19(20-13)23-22-14(2)15-8-10-17(11-9-15)24(25)26/h3-12H,1-2H3,(H,20,21,23). The molecule has 3 rings (SSSR count). The van der Waals surface area contributed by atoms with Crippen LogP contribution in [0.1, 0.15) is 18.2 Å².